The van der Waals surface area contributed by atoms with Gasteiger partial charge in [0.15, 0.2) is 5.65 Å². The zero-order chi connectivity index (χ0) is 22.1. The Kier molecular flexibility index (Phi) is 5.26. The van der Waals surface area contributed by atoms with Gasteiger partial charge >= 0.3 is 0 Å². The van der Waals surface area contributed by atoms with Crippen molar-refractivity contribution in [3.05, 3.63) is 71.8 Å². The number of halogens is 1. The first-order chi connectivity index (χ1) is 15.6. The largest absolute Gasteiger partial charge is 0.383 e. The van der Waals surface area contributed by atoms with Crippen LogP contribution < -0.4 is 11.1 Å². The number of hydrogen-bond acceptors (Lipinski definition) is 5. The number of carbonyl (C=O) groups excluding carboxylic acids is 1. The normalized spacial score (nSPS) is 14.2. The van der Waals surface area contributed by atoms with E-state index in [0.29, 0.717) is 11.9 Å². The quantitative estimate of drug-likeness (QED) is 0.493. The van der Waals surface area contributed by atoms with Crippen LogP contribution in [0.25, 0.3) is 22.3 Å². The van der Waals surface area contributed by atoms with Gasteiger partial charge in [-0.15, -0.1) is 0 Å². The lowest BCUT2D eigenvalue weighted by atomic mass is 10.1. The van der Waals surface area contributed by atoms with E-state index >= 15 is 0 Å². The van der Waals surface area contributed by atoms with Crippen LogP contribution >= 0.6 is 0 Å². The number of nitrogen functional groups attached to an aromatic ring is 1. The summed E-state index contributed by atoms with van der Waals surface area (Å²) in [5.74, 6) is -0.571. The fourth-order valence-corrected chi connectivity index (χ4v) is 4.30. The van der Waals surface area contributed by atoms with Crippen LogP contribution in [0.5, 0.6) is 0 Å². The lowest BCUT2D eigenvalue weighted by molar-refractivity contribution is 0.0947. The minimum Gasteiger partial charge on any atom is -0.383 e. The average molecular weight is 430 g/mol. The van der Waals surface area contributed by atoms with Crippen molar-refractivity contribution >= 4 is 22.8 Å². The number of aromatic nitrogens is 4. The van der Waals surface area contributed by atoms with Crippen LogP contribution in [0.1, 0.15) is 47.6 Å². The van der Waals surface area contributed by atoms with E-state index in [2.05, 4.69) is 15.3 Å². The molecular weight excluding hydrogens is 407 g/mol. The molecule has 4 aromatic rings. The number of nitrogens with zero attached hydrogens (tertiary/aromatic N) is 4. The number of amides is 1. The van der Waals surface area contributed by atoms with E-state index in [9.17, 15) is 9.18 Å². The Labute approximate surface area is 184 Å². The van der Waals surface area contributed by atoms with Crippen LogP contribution in [0.4, 0.5) is 10.2 Å². The number of nitrogens with one attached hydrogen (secondary N) is 1. The lowest BCUT2D eigenvalue weighted by Gasteiger charge is -2.10. The topological polar surface area (TPSA) is 98.7 Å². The number of benzene rings is 2. The molecule has 1 aliphatic carbocycles. The summed E-state index contributed by atoms with van der Waals surface area (Å²) in [7, 11) is 0. The molecule has 5 rings (SSSR count). The Morgan fingerprint density at radius 3 is 2.59 bits per heavy atom. The van der Waals surface area contributed by atoms with E-state index in [0.717, 1.165) is 40.7 Å². The fraction of sp³-hybridized carbons (Fsp3) is 0.250. The third kappa shape index (κ3) is 3.68. The maximum absolute atomic E-state index is 13.8. The van der Waals surface area contributed by atoms with Crippen molar-refractivity contribution in [2.45, 2.75) is 38.3 Å². The molecule has 1 amide bonds. The van der Waals surface area contributed by atoms with Crippen molar-refractivity contribution in [1.29, 1.82) is 0 Å². The molecule has 32 heavy (non-hydrogen) atoms. The molecule has 2 aromatic carbocycles. The summed E-state index contributed by atoms with van der Waals surface area (Å²) >= 11 is 0. The molecule has 2 aromatic heterocycles. The van der Waals surface area contributed by atoms with Gasteiger partial charge in [0.1, 0.15) is 23.7 Å². The Balaban J connectivity index is 1.39. The molecule has 7 nitrogen and oxygen atoms in total. The molecule has 2 heterocycles. The highest BCUT2D eigenvalue weighted by Crippen LogP contribution is 2.36. The first-order valence-electron chi connectivity index (χ1n) is 10.7. The fourth-order valence-electron chi connectivity index (χ4n) is 4.30. The zero-order valence-electron chi connectivity index (χ0n) is 17.5. The second-order valence-corrected chi connectivity index (χ2v) is 8.05. The average Bonchev–Trinajstić information content (AvgIpc) is 3.47. The smallest absolute Gasteiger partial charge is 0.254 e. The minimum absolute atomic E-state index is 0.0310. The molecule has 0 aliphatic heterocycles. The number of hydrogen-bond donors (Lipinski definition) is 2. The number of nitrogens with two attached hydrogens (primary N) is 1. The van der Waals surface area contributed by atoms with Crippen LogP contribution in [0, 0.1) is 5.82 Å². The summed E-state index contributed by atoms with van der Waals surface area (Å²) in [6, 6.07) is 14.0. The van der Waals surface area contributed by atoms with E-state index in [4.69, 9.17) is 10.8 Å². The summed E-state index contributed by atoms with van der Waals surface area (Å²) in [4.78, 5) is 20.9. The zero-order valence-corrected chi connectivity index (χ0v) is 17.5. The number of anilines is 1. The lowest BCUT2D eigenvalue weighted by Crippen LogP contribution is -2.23. The predicted molar refractivity (Wildman–Crippen MR) is 120 cm³/mol. The van der Waals surface area contributed by atoms with Crippen LogP contribution in [-0.2, 0) is 6.54 Å². The highest BCUT2D eigenvalue weighted by molar-refractivity contribution is 5.98. The van der Waals surface area contributed by atoms with Crippen molar-refractivity contribution in [3.63, 3.8) is 0 Å². The molecule has 1 fully saturated rings. The SMILES string of the molecule is Nc1ncnc2c1c(-c1ccc(CNC(=O)c3ccccc3F)cc1)nn2C1CCCC1. The molecule has 1 aliphatic rings. The molecule has 162 valence electrons. The molecule has 0 unspecified atom stereocenters. The molecule has 0 spiro atoms. The summed E-state index contributed by atoms with van der Waals surface area (Å²) in [6.07, 6.45) is 6.03. The minimum atomic E-state index is -0.537. The number of fused-ring (bicyclic) bond motifs is 1. The first kappa shape index (κ1) is 20.1. The maximum atomic E-state index is 13.8. The molecule has 0 atom stereocenters. The molecular formula is C24H23FN6O. The van der Waals surface area contributed by atoms with E-state index in [1.54, 1.807) is 12.1 Å². The van der Waals surface area contributed by atoms with Gasteiger partial charge in [0, 0.05) is 12.1 Å². The van der Waals surface area contributed by atoms with Gasteiger partial charge in [-0.1, -0.05) is 49.2 Å². The standard InChI is InChI=1S/C24H23FN6O/c25-19-8-4-3-7-18(19)24(32)27-13-15-9-11-16(12-10-15)21-20-22(26)28-14-29-23(20)31(30-21)17-5-1-2-6-17/h3-4,7-12,14,17H,1-2,5-6,13H2,(H,27,32)(H2,26,28,29). The molecule has 3 N–H and O–H groups in total. The van der Waals surface area contributed by atoms with Crippen molar-refractivity contribution < 1.29 is 9.18 Å². The van der Waals surface area contributed by atoms with Crippen LogP contribution in [-0.4, -0.2) is 25.7 Å². The molecule has 0 bridgehead atoms. The Hall–Kier alpha value is -3.81. The van der Waals surface area contributed by atoms with Gasteiger partial charge in [-0.2, -0.15) is 5.10 Å². The van der Waals surface area contributed by atoms with Crippen LogP contribution in [0.15, 0.2) is 54.9 Å². The van der Waals surface area contributed by atoms with Crippen molar-refractivity contribution in [2.75, 3.05) is 5.73 Å². The highest BCUT2D eigenvalue weighted by atomic mass is 19.1. The molecule has 1 saturated carbocycles. The third-order valence-electron chi connectivity index (χ3n) is 5.99. The second-order valence-electron chi connectivity index (χ2n) is 8.05. The van der Waals surface area contributed by atoms with Gasteiger partial charge in [-0.25, -0.2) is 19.0 Å². The van der Waals surface area contributed by atoms with E-state index in [1.165, 1.54) is 31.3 Å². The van der Waals surface area contributed by atoms with Crippen molar-refractivity contribution in [2.24, 2.45) is 0 Å². The number of rotatable bonds is 5. The molecule has 0 radical (unpaired) electrons. The number of carbonyl (C=O) groups is 1. The third-order valence-corrected chi connectivity index (χ3v) is 5.99. The first-order valence-corrected chi connectivity index (χ1v) is 10.7. The Morgan fingerprint density at radius 1 is 1.09 bits per heavy atom. The molecule has 8 heteroatoms. The van der Waals surface area contributed by atoms with Gasteiger partial charge in [0.05, 0.1) is 17.0 Å². The summed E-state index contributed by atoms with van der Waals surface area (Å²) in [6.45, 7) is 0.288. The predicted octanol–water partition coefficient (Wildman–Crippen LogP) is 4.26. The summed E-state index contributed by atoms with van der Waals surface area (Å²) in [5, 5.41) is 8.40. The van der Waals surface area contributed by atoms with Crippen molar-refractivity contribution in [3.8, 4) is 11.3 Å². The van der Waals surface area contributed by atoms with E-state index in [1.807, 2.05) is 28.9 Å². The monoisotopic (exact) mass is 430 g/mol. The second kappa shape index (κ2) is 8.37. The maximum Gasteiger partial charge on any atom is 0.254 e. The van der Waals surface area contributed by atoms with Gasteiger partial charge in [0.25, 0.3) is 5.91 Å². The Morgan fingerprint density at radius 2 is 1.84 bits per heavy atom. The van der Waals surface area contributed by atoms with Gasteiger partial charge in [0.2, 0.25) is 0 Å². The summed E-state index contributed by atoms with van der Waals surface area (Å²) < 4.78 is 15.8. The highest BCUT2D eigenvalue weighted by Gasteiger charge is 2.24. The van der Waals surface area contributed by atoms with Crippen LogP contribution in [0.3, 0.4) is 0 Å². The summed E-state index contributed by atoms with van der Waals surface area (Å²) in [5.41, 5.74) is 9.55. The van der Waals surface area contributed by atoms with Crippen LogP contribution in [0.2, 0.25) is 0 Å². The van der Waals surface area contributed by atoms with E-state index < -0.39 is 11.7 Å². The Bertz CT molecular complexity index is 1280. The van der Waals surface area contributed by atoms with Crippen molar-refractivity contribution in [1.82, 2.24) is 25.1 Å². The van der Waals surface area contributed by atoms with Gasteiger partial charge < -0.3 is 11.1 Å². The molecule has 0 saturated heterocycles. The van der Waals surface area contributed by atoms with Gasteiger partial charge in [-0.3, -0.25) is 4.79 Å². The van der Waals surface area contributed by atoms with E-state index in [-0.39, 0.29) is 12.1 Å². The van der Waals surface area contributed by atoms with Gasteiger partial charge in [-0.05, 0) is 30.5 Å².